The van der Waals surface area contributed by atoms with Gasteiger partial charge >= 0.3 is 0 Å². The number of likely N-dealkylation sites (tertiary alicyclic amines) is 1. The molecule has 24 heavy (non-hydrogen) atoms. The number of rotatable bonds is 6. The topological polar surface area (TPSA) is 12.5 Å². The standard InChI is InChI=1S/C20H25NOS.ClH/c23-20-9-5-4-8-19(20)22-15-14-21-12-10-18(11-13-21)16-17-6-2-1-3-7-17;/h1-9,18,23H,10-16H2;1H. The predicted molar refractivity (Wildman–Crippen MR) is 106 cm³/mol. The lowest BCUT2D eigenvalue weighted by atomic mass is 9.90. The smallest absolute Gasteiger partial charge is 0.132 e. The fourth-order valence-corrected chi connectivity index (χ4v) is 3.45. The molecule has 130 valence electrons. The van der Waals surface area contributed by atoms with Gasteiger partial charge in [-0.1, -0.05) is 42.5 Å². The van der Waals surface area contributed by atoms with E-state index in [9.17, 15) is 0 Å². The molecule has 0 aromatic heterocycles. The molecular formula is C20H26ClNOS. The molecule has 0 spiro atoms. The molecule has 0 atom stereocenters. The van der Waals surface area contributed by atoms with Crippen LogP contribution in [0, 0.1) is 5.92 Å². The Kier molecular flexibility index (Phi) is 7.97. The van der Waals surface area contributed by atoms with E-state index in [0.29, 0.717) is 0 Å². The van der Waals surface area contributed by atoms with Gasteiger partial charge < -0.3 is 4.74 Å². The molecule has 1 aliphatic heterocycles. The van der Waals surface area contributed by atoms with Crippen molar-refractivity contribution >= 4 is 25.0 Å². The predicted octanol–water partition coefficient (Wildman–Crippen LogP) is 4.73. The van der Waals surface area contributed by atoms with Crippen LogP contribution < -0.4 is 4.74 Å². The minimum atomic E-state index is 0. The van der Waals surface area contributed by atoms with E-state index in [1.54, 1.807) is 0 Å². The van der Waals surface area contributed by atoms with Gasteiger partial charge in [-0.25, -0.2) is 0 Å². The molecule has 0 radical (unpaired) electrons. The van der Waals surface area contributed by atoms with Gasteiger partial charge in [0.1, 0.15) is 12.4 Å². The summed E-state index contributed by atoms with van der Waals surface area (Å²) in [6.07, 6.45) is 3.80. The van der Waals surface area contributed by atoms with Gasteiger partial charge in [0.05, 0.1) is 0 Å². The Morgan fingerprint density at radius 3 is 2.33 bits per heavy atom. The summed E-state index contributed by atoms with van der Waals surface area (Å²) in [6, 6.07) is 18.8. The van der Waals surface area contributed by atoms with Crippen LogP contribution in [0.15, 0.2) is 59.5 Å². The van der Waals surface area contributed by atoms with Gasteiger partial charge in [0, 0.05) is 11.4 Å². The van der Waals surface area contributed by atoms with Crippen molar-refractivity contribution in [3.8, 4) is 5.75 Å². The third kappa shape index (κ3) is 5.73. The van der Waals surface area contributed by atoms with Crippen molar-refractivity contribution in [2.45, 2.75) is 24.2 Å². The van der Waals surface area contributed by atoms with E-state index < -0.39 is 0 Å². The lowest BCUT2D eigenvalue weighted by Gasteiger charge is -2.32. The molecule has 1 aliphatic rings. The third-order valence-corrected chi connectivity index (χ3v) is 4.97. The van der Waals surface area contributed by atoms with Gasteiger partial charge in [0.15, 0.2) is 0 Å². The Morgan fingerprint density at radius 1 is 0.958 bits per heavy atom. The Labute approximate surface area is 157 Å². The Balaban J connectivity index is 0.00000208. The maximum Gasteiger partial charge on any atom is 0.132 e. The first kappa shape index (κ1) is 19.2. The number of hydrogen-bond donors (Lipinski definition) is 1. The largest absolute Gasteiger partial charge is 0.491 e. The van der Waals surface area contributed by atoms with Gasteiger partial charge in [0.2, 0.25) is 0 Å². The van der Waals surface area contributed by atoms with E-state index in [1.807, 2.05) is 24.3 Å². The van der Waals surface area contributed by atoms with Crippen LogP contribution in [0.4, 0.5) is 0 Å². The van der Waals surface area contributed by atoms with Gasteiger partial charge in [-0.3, -0.25) is 4.90 Å². The number of hydrogen-bond acceptors (Lipinski definition) is 3. The van der Waals surface area contributed by atoms with Crippen molar-refractivity contribution in [3.63, 3.8) is 0 Å². The summed E-state index contributed by atoms with van der Waals surface area (Å²) in [5, 5.41) is 0. The van der Waals surface area contributed by atoms with Crippen LogP contribution in [0.25, 0.3) is 0 Å². The fourth-order valence-electron chi connectivity index (χ4n) is 3.23. The first-order valence-corrected chi connectivity index (χ1v) is 8.93. The minimum Gasteiger partial charge on any atom is -0.491 e. The zero-order chi connectivity index (χ0) is 15.9. The van der Waals surface area contributed by atoms with E-state index in [2.05, 4.69) is 47.9 Å². The zero-order valence-corrected chi connectivity index (χ0v) is 15.6. The van der Waals surface area contributed by atoms with Gasteiger partial charge in [-0.05, 0) is 56.0 Å². The normalized spacial score (nSPS) is 15.7. The van der Waals surface area contributed by atoms with E-state index in [0.717, 1.165) is 29.7 Å². The molecule has 0 aliphatic carbocycles. The SMILES string of the molecule is Cl.Sc1ccccc1OCCN1CCC(Cc2ccccc2)CC1. The molecule has 3 rings (SSSR count). The van der Waals surface area contributed by atoms with Gasteiger partial charge in [-0.15, -0.1) is 25.0 Å². The highest BCUT2D eigenvalue weighted by atomic mass is 35.5. The van der Waals surface area contributed by atoms with Crippen LogP contribution in [-0.2, 0) is 6.42 Å². The minimum absolute atomic E-state index is 0. The van der Waals surface area contributed by atoms with Crippen LogP contribution in [0.2, 0.25) is 0 Å². The molecule has 0 bridgehead atoms. The Morgan fingerprint density at radius 2 is 1.62 bits per heavy atom. The van der Waals surface area contributed by atoms with Crippen molar-refractivity contribution in [2.75, 3.05) is 26.2 Å². The number of thiol groups is 1. The molecule has 4 heteroatoms. The van der Waals surface area contributed by atoms with Crippen LogP contribution in [0.5, 0.6) is 5.75 Å². The Bertz CT molecular complexity index is 600. The molecule has 1 heterocycles. The summed E-state index contributed by atoms with van der Waals surface area (Å²) in [4.78, 5) is 3.43. The first-order valence-electron chi connectivity index (χ1n) is 8.48. The number of nitrogens with zero attached hydrogens (tertiary/aromatic N) is 1. The molecule has 2 aromatic rings. The second-order valence-electron chi connectivity index (χ2n) is 6.29. The van der Waals surface area contributed by atoms with Crippen LogP contribution in [-0.4, -0.2) is 31.1 Å². The molecule has 0 amide bonds. The zero-order valence-electron chi connectivity index (χ0n) is 13.9. The summed E-state index contributed by atoms with van der Waals surface area (Å²) < 4.78 is 5.84. The molecule has 0 saturated carbocycles. The summed E-state index contributed by atoms with van der Waals surface area (Å²) >= 11 is 4.42. The highest BCUT2D eigenvalue weighted by molar-refractivity contribution is 7.80. The van der Waals surface area contributed by atoms with Crippen molar-refractivity contribution in [1.82, 2.24) is 4.90 Å². The maximum atomic E-state index is 5.84. The molecule has 1 saturated heterocycles. The van der Waals surface area contributed by atoms with Crippen LogP contribution >= 0.6 is 25.0 Å². The summed E-state index contributed by atoms with van der Waals surface area (Å²) in [7, 11) is 0. The number of ether oxygens (including phenoxy) is 1. The van der Waals surface area contributed by atoms with E-state index >= 15 is 0 Å². The number of para-hydroxylation sites is 1. The highest BCUT2D eigenvalue weighted by Crippen LogP contribution is 2.23. The van der Waals surface area contributed by atoms with Crippen molar-refractivity contribution in [2.24, 2.45) is 5.92 Å². The number of benzene rings is 2. The Hall–Kier alpha value is -1.16. The van der Waals surface area contributed by atoms with Crippen molar-refractivity contribution in [1.29, 1.82) is 0 Å². The molecule has 0 unspecified atom stereocenters. The van der Waals surface area contributed by atoms with E-state index in [4.69, 9.17) is 4.74 Å². The van der Waals surface area contributed by atoms with Gasteiger partial charge in [-0.2, -0.15) is 0 Å². The second-order valence-corrected chi connectivity index (χ2v) is 6.77. The molecule has 2 aromatic carbocycles. The summed E-state index contributed by atoms with van der Waals surface area (Å²) in [5.74, 6) is 1.71. The second kappa shape index (κ2) is 9.97. The third-order valence-electron chi connectivity index (χ3n) is 4.60. The lowest BCUT2D eigenvalue weighted by Crippen LogP contribution is -2.37. The average molecular weight is 364 g/mol. The summed E-state index contributed by atoms with van der Waals surface area (Å²) in [5.41, 5.74) is 1.47. The highest BCUT2D eigenvalue weighted by Gasteiger charge is 2.19. The molecule has 2 nitrogen and oxygen atoms in total. The maximum absolute atomic E-state index is 5.84. The summed E-state index contributed by atoms with van der Waals surface area (Å²) in [6.45, 7) is 4.11. The lowest BCUT2D eigenvalue weighted by molar-refractivity contribution is 0.154. The van der Waals surface area contributed by atoms with Gasteiger partial charge in [0.25, 0.3) is 0 Å². The number of piperidine rings is 1. The first-order chi connectivity index (χ1) is 11.3. The van der Waals surface area contributed by atoms with Crippen LogP contribution in [0.3, 0.4) is 0 Å². The van der Waals surface area contributed by atoms with Crippen molar-refractivity contribution in [3.05, 3.63) is 60.2 Å². The molecular weight excluding hydrogens is 338 g/mol. The van der Waals surface area contributed by atoms with E-state index in [1.165, 1.54) is 37.9 Å². The fraction of sp³-hybridized carbons (Fsp3) is 0.400. The van der Waals surface area contributed by atoms with Crippen LogP contribution in [0.1, 0.15) is 18.4 Å². The average Bonchev–Trinajstić information content (AvgIpc) is 2.59. The van der Waals surface area contributed by atoms with Crippen molar-refractivity contribution < 1.29 is 4.74 Å². The monoisotopic (exact) mass is 363 g/mol. The quantitative estimate of drug-likeness (QED) is 0.745. The van der Waals surface area contributed by atoms with E-state index in [-0.39, 0.29) is 12.4 Å². The molecule has 0 N–H and O–H groups in total. The number of halogens is 1. The molecule has 1 fully saturated rings.